The van der Waals surface area contributed by atoms with Crippen molar-refractivity contribution in [2.75, 3.05) is 27.1 Å². The summed E-state index contributed by atoms with van der Waals surface area (Å²) >= 11 is 0. The summed E-state index contributed by atoms with van der Waals surface area (Å²) in [7, 11) is 1.57. The zero-order valence-electron chi connectivity index (χ0n) is 33.8. The molecule has 2 atom stereocenters. The first kappa shape index (κ1) is 42.6. The molecule has 4 aromatic carbocycles. The average Bonchev–Trinajstić information content (AvgIpc) is 3.23. The van der Waals surface area contributed by atoms with Gasteiger partial charge in [0.25, 0.3) is 5.91 Å². The molecule has 3 N–H and O–H groups in total. The second-order valence-electron chi connectivity index (χ2n) is 15.2. The molecule has 1 heterocycles. The summed E-state index contributed by atoms with van der Waals surface area (Å²) in [5.41, 5.74) is 5.74. The van der Waals surface area contributed by atoms with Crippen LogP contribution >= 0.6 is 0 Å². The highest BCUT2D eigenvalue weighted by molar-refractivity contribution is 5.97. The minimum Gasteiger partial charge on any atom is -0.497 e. The number of aliphatic hydroxyl groups is 1. The number of aromatic nitrogens is 2. The van der Waals surface area contributed by atoms with Crippen LogP contribution in [0.3, 0.4) is 0 Å². The van der Waals surface area contributed by atoms with Crippen molar-refractivity contribution >= 4 is 11.8 Å². The summed E-state index contributed by atoms with van der Waals surface area (Å²) < 4.78 is 16.6. The molecule has 0 aliphatic rings. The van der Waals surface area contributed by atoms with Gasteiger partial charge in [0.2, 0.25) is 5.91 Å². The SMILES string of the molecule is CCCCCCCOc1ccc(-c2cnc(-c3ccc(C[C@H](NC(=O)c4ccc(C(C)(C)C)cc4)C(=O)NC(COCO)c4cccc(OC)c4)cc3)nc2)cc1. The number of carbonyl (C=O) groups is 2. The number of benzene rings is 4. The zero-order chi connectivity index (χ0) is 40.6. The number of carbonyl (C=O) groups excluding carboxylic acids is 2. The molecule has 300 valence electrons. The quantitative estimate of drug-likeness (QED) is 0.0530. The molecule has 0 fully saturated rings. The van der Waals surface area contributed by atoms with Crippen LogP contribution in [0.5, 0.6) is 11.5 Å². The molecule has 0 radical (unpaired) electrons. The first-order valence-electron chi connectivity index (χ1n) is 19.8. The molecule has 5 aromatic rings. The van der Waals surface area contributed by atoms with Crippen LogP contribution in [0.4, 0.5) is 0 Å². The third kappa shape index (κ3) is 12.7. The van der Waals surface area contributed by atoms with Crippen molar-refractivity contribution in [3.05, 3.63) is 132 Å². The highest BCUT2D eigenvalue weighted by atomic mass is 16.6. The standard InChI is InChI=1S/C47H56N4O6/c1-6-7-8-9-10-26-57-40-24-20-34(21-25-40)38-29-48-44(49-30-38)35-16-14-33(15-17-35)27-42(50-45(53)36-18-22-39(23-19-36)47(2,3)4)46(54)51-43(31-56-32-52)37-12-11-13-41(28-37)55-5/h11-25,28-30,42-43,52H,6-10,26-27,31-32H2,1-5H3,(H,50,53)(H,51,54)/t42-,43?/m0/s1. The lowest BCUT2D eigenvalue weighted by Gasteiger charge is -2.24. The Hall–Kier alpha value is -5.58. The van der Waals surface area contributed by atoms with Gasteiger partial charge in [-0.3, -0.25) is 9.59 Å². The number of hydrogen-bond acceptors (Lipinski definition) is 8. The van der Waals surface area contributed by atoms with Crippen LogP contribution in [0, 0.1) is 0 Å². The van der Waals surface area contributed by atoms with Crippen molar-refractivity contribution in [1.29, 1.82) is 0 Å². The Morgan fingerprint density at radius 3 is 2.11 bits per heavy atom. The monoisotopic (exact) mass is 772 g/mol. The summed E-state index contributed by atoms with van der Waals surface area (Å²) in [5.74, 6) is 1.26. The van der Waals surface area contributed by atoms with Gasteiger partial charge in [-0.25, -0.2) is 9.97 Å². The molecule has 10 heteroatoms. The predicted octanol–water partition coefficient (Wildman–Crippen LogP) is 8.63. The van der Waals surface area contributed by atoms with Crippen molar-refractivity contribution in [3.63, 3.8) is 0 Å². The second-order valence-corrected chi connectivity index (χ2v) is 15.2. The lowest BCUT2D eigenvalue weighted by Crippen LogP contribution is -2.49. The number of methoxy groups -OCH3 is 1. The van der Waals surface area contributed by atoms with E-state index < -0.39 is 24.8 Å². The van der Waals surface area contributed by atoms with E-state index in [-0.39, 0.29) is 24.3 Å². The van der Waals surface area contributed by atoms with Crippen LogP contribution in [-0.4, -0.2) is 60.0 Å². The van der Waals surface area contributed by atoms with Crippen LogP contribution in [-0.2, 0) is 21.4 Å². The van der Waals surface area contributed by atoms with Crippen molar-refractivity contribution in [1.82, 2.24) is 20.6 Å². The molecule has 0 saturated carbocycles. The fourth-order valence-corrected chi connectivity index (χ4v) is 6.39. The van der Waals surface area contributed by atoms with Gasteiger partial charge in [-0.15, -0.1) is 0 Å². The Morgan fingerprint density at radius 2 is 1.46 bits per heavy atom. The van der Waals surface area contributed by atoms with E-state index in [0.717, 1.165) is 52.2 Å². The minimum atomic E-state index is -0.939. The van der Waals surface area contributed by atoms with Crippen molar-refractivity contribution in [2.45, 2.75) is 83.7 Å². The maximum Gasteiger partial charge on any atom is 0.251 e. The molecular weight excluding hydrogens is 717 g/mol. The van der Waals surface area contributed by atoms with Gasteiger partial charge in [-0.1, -0.05) is 114 Å². The fourth-order valence-electron chi connectivity index (χ4n) is 6.39. The summed E-state index contributed by atoms with van der Waals surface area (Å²) in [6, 6.07) is 28.8. The molecule has 10 nitrogen and oxygen atoms in total. The highest BCUT2D eigenvalue weighted by Gasteiger charge is 2.26. The van der Waals surface area contributed by atoms with Crippen LogP contribution in [0.1, 0.15) is 92.9 Å². The summed E-state index contributed by atoms with van der Waals surface area (Å²) in [6.07, 6.45) is 9.84. The number of amides is 2. The normalized spacial score (nSPS) is 12.4. The van der Waals surface area contributed by atoms with Gasteiger partial charge in [0, 0.05) is 35.5 Å². The van der Waals surface area contributed by atoms with E-state index in [1.165, 1.54) is 25.7 Å². The molecule has 57 heavy (non-hydrogen) atoms. The van der Waals surface area contributed by atoms with E-state index in [1.54, 1.807) is 31.4 Å². The van der Waals surface area contributed by atoms with Gasteiger partial charge < -0.3 is 30.0 Å². The van der Waals surface area contributed by atoms with E-state index in [1.807, 2.05) is 85.2 Å². The first-order valence-corrected chi connectivity index (χ1v) is 19.8. The Balaban J connectivity index is 1.29. The minimum absolute atomic E-state index is 0.0107. The van der Waals surface area contributed by atoms with Crippen molar-refractivity contribution < 1.29 is 28.9 Å². The molecule has 1 aromatic heterocycles. The van der Waals surface area contributed by atoms with Crippen LogP contribution < -0.4 is 20.1 Å². The lowest BCUT2D eigenvalue weighted by molar-refractivity contribution is -0.124. The third-order valence-corrected chi connectivity index (χ3v) is 9.83. The molecule has 0 spiro atoms. The predicted molar refractivity (Wildman–Crippen MR) is 224 cm³/mol. The molecule has 2 amide bonds. The van der Waals surface area contributed by atoms with E-state index in [2.05, 4.69) is 48.3 Å². The molecule has 1 unspecified atom stereocenters. The molecule has 0 aliphatic carbocycles. The van der Waals surface area contributed by atoms with Gasteiger partial charge in [0.1, 0.15) is 24.3 Å². The number of rotatable bonds is 20. The van der Waals surface area contributed by atoms with Crippen LogP contribution in [0.25, 0.3) is 22.5 Å². The maximum atomic E-state index is 14.0. The Morgan fingerprint density at radius 1 is 0.772 bits per heavy atom. The van der Waals surface area contributed by atoms with Gasteiger partial charge >= 0.3 is 0 Å². The number of nitrogens with one attached hydrogen (secondary N) is 2. The Bertz CT molecular complexity index is 1990. The smallest absolute Gasteiger partial charge is 0.251 e. The number of aliphatic hydroxyl groups excluding tert-OH is 1. The summed E-state index contributed by atoms with van der Waals surface area (Å²) in [4.78, 5) is 36.9. The second kappa shape index (κ2) is 21.1. The van der Waals surface area contributed by atoms with Crippen LogP contribution in [0.15, 0.2) is 109 Å². The fraction of sp³-hybridized carbons (Fsp3) is 0.362. The number of unbranched alkanes of at least 4 members (excludes halogenated alkanes) is 4. The molecule has 5 rings (SSSR count). The Kier molecular flexibility index (Phi) is 15.7. The number of nitrogens with zero attached hydrogens (tertiary/aromatic N) is 2. The van der Waals surface area contributed by atoms with E-state index in [0.29, 0.717) is 17.1 Å². The summed E-state index contributed by atoms with van der Waals surface area (Å²) in [5, 5.41) is 15.4. The average molecular weight is 773 g/mol. The van der Waals surface area contributed by atoms with E-state index in [9.17, 15) is 14.7 Å². The third-order valence-electron chi connectivity index (χ3n) is 9.83. The topological polar surface area (TPSA) is 132 Å². The number of hydrogen-bond donors (Lipinski definition) is 3. The number of ether oxygens (including phenoxy) is 3. The zero-order valence-corrected chi connectivity index (χ0v) is 33.8. The maximum absolute atomic E-state index is 14.0. The van der Waals surface area contributed by atoms with Crippen molar-refractivity contribution in [2.24, 2.45) is 0 Å². The molecular formula is C47H56N4O6. The molecule has 0 saturated heterocycles. The van der Waals surface area contributed by atoms with Gasteiger partial charge in [0.15, 0.2) is 5.82 Å². The molecule has 0 bridgehead atoms. The largest absolute Gasteiger partial charge is 0.497 e. The van der Waals surface area contributed by atoms with Gasteiger partial charge in [-0.2, -0.15) is 0 Å². The van der Waals surface area contributed by atoms with Crippen molar-refractivity contribution in [3.8, 4) is 34.0 Å². The first-order chi connectivity index (χ1) is 27.6. The molecule has 0 aliphatic heterocycles. The highest BCUT2D eigenvalue weighted by Crippen LogP contribution is 2.25. The van der Waals surface area contributed by atoms with E-state index in [4.69, 9.17) is 14.2 Å². The Labute approximate surface area is 337 Å². The van der Waals surface area contributed by atoms with Crippen LogP contribution in [0.2, 0.25) is 0 Å². The summed E-state index contributed by atoms with van der Waals surface area (Å²) in [6.45, 7) is 8.77. The van der Waals surface area contributed by atoms with Gasteiger partial charge in [0.05, 0.1) is 26.4 Å². The van der Waals surface area contributed by atoms with E-state index >= 15 is 0 Å². The lowest BCUT2D eigenvalue weighted by atomic mass is 9.86. The van der Waals surface area contributed by atoms with Gasteiger partial charge in [-0.05, 0) is 70.5 Å².